The Morgan fingerprint density at radius 2 is 1.35 bits per heavy atom. The molecule has 26 heavy (non-hydrogen) atoms. The summed E-state index contributed by atoms with van der Waals surface area (Å²) in [6.45, 7) is 0. The summed E-state index contributed by atoms with van der Waals surface area (Å²) in [5.41, 5.74) is 4.10. The Hall–Kier alpha value is -1.96. The number of benzene rings is 2. The fourth-order valence-electron chi connectivity index (χ4n) is 5.02. The van der Waals surface area contributed by atoms with Gasteiger partial charge >= 0.3 is 0 Å². The van der Waals surface area contributed by atoms with E-state index in [-0.39, 0.29) is 17.4 Å². The van der Waals surface area contributed by atoms with Crippen LogP contribution in [0.3, 0.4) is 0 Å². The smallest absolute Gasteiger partial charge is 0.130 e. The van der Waals surface area contributed by atoms with Crippen LogP contribution < -0.4 is 0 Å². The molecule has 0 aromatic heterocycles. The third-order valence-corrected chi connectivity index (χ3v) is 6.48. The number of rotatable bonds is 3. The van der Waals surface area contributed by atoms with Gasteiger partial charge in [-0.2, -0.15) is 0 Å². The molecule has 0 atom stereocenters. The van der Waals surface area contributed by atoms with Gasteiger partial charge in [0.1, 0.15) is 11.5 Å². The van der Waals surface area contributed by atoms with E-state index in [4.69, 9.17) is 0 Å². The molecule has 2 fully saturated rings. The lowest BCUT2D eigenvalue weighted by atomic mass is 9.81. The molecule has 2 aliphatic carbocycles. The van der Waals surface area contributed by atoms with Crippen LogP contribution in [0.5, 0.6) is 11.5 Å². The first-order valence-corrected chi connectivity index (χ1v) is 10.4. The molecule has 2 aliphatic rings. The van der Waals surface area contributed by atoms with Crippen molar-refractivity contribution in [3.05, 3.63) is 47.5 Å². The fourth-order valence-corrected chi connectivity index (χ4v) is 5.02. The predicted octanol–water partition coefficient (Wildman–Crippen LogP) is 6.86. The first-order valence-electron chi connectivity index (χ1n) is 10.4. The molecule has 0 aliphatic heterocycles. The second kappa shape index (κ2) is 7.73. The van der Waals surface area contributed by atoms with E-state index in [0.717, 1.165) is 29.5 Å². The minimum atomic E-state index is 0.251. The van der Waals surface area contributed by atoms with Crippen molar-refractivity contribution in [2.75, 3.05) is 0 Å². The predicted molar refractivity (Wildman–Crippen MR) is 107 cm³/mol. The minimum absolute atomic E-state index is 0.251. The van der Waals surface area contributed by atoms with Crippen molar-refractivity contribution in [2.45, 2.75) is 76.0 Å². The topological polar surface area (TPSA) is 40.5 Å². The Labute approximate surface area is 156 Å². The normalized spacial score (nSPS) is 19.5. The van der Waals surface area contributed by atoms with Crippen molar-refractivity contribution in [1.29, 1.82) is 0 Å². The highest BCUT2D eigenvalue weighted by Crippen LogP contribution is 2.46. The average molecular weight is 351 g/mol. The van der Waals surface area contributed by atoms with E-state index in [1.54, 1.807) is 6.07 Å². The molecule has 2 aromatic carbocycles. The molecule has 0 radical (unpaired) electrons. The molecule has 2 heteroatoms. The van der Waals surface area contributed by atoms with E-state index >= 15 is 0 Å². The molecule has 0 heterocycles. The summed E-state index contributed by atoms with van der Waals surface area (Å²) >= 11 is 0. The van der Waals surface area contributed by atoms with Gasteiger partial charge in [-0.15, -0.1) is 0 Å². The molecule has 0 unspecified atom stereocenters. The molecule has 0 amide bonds. The van der Waals surface area contributed by atoms with E-state index < -0.39 is 0 Å². The number of aromatic hydroxyl groups is 2. The fraction of sp³-hybridized carbons (Fsp3) is 0.500. The van der Waals surface area contributed by atoms with Gasteiger partial charge in [-0.25, -0.2) is 0 Å². The van der Waals surface area contributed by atoms with Crippen molar-refractivity contribution < 1.29 is 10.2 Å². The van der Waals surface area contributed by atoms with Gasteiger partial charge in [0.15, 0.2) is 0 Å². The maximum atomic E-state index is 11.0. The number of phenolic OH excluding ortho intramolecular Hbond substituents is 2. The summed E-state index contributed by atoms with van der Waals surface area (Å²) in [6, 6.07) is 12.3. The van der Waals surface area contributed by atoms with E-state index in [0.29, 0.717) is 5.92 Å². The zero-order valence-electron chi connectivity index (χ0n) is 15.6. The minimum Gasteiger partial charge on any atom is -0.508 e. The van der Waals surface area contributed by atoms with Crippen LogP contribution in [0.4, 0.5) is 0 Å². The lowest BCUT2D eigenvalue weighted by Crippen LogP contribution is -2.06. The molecule has 0 bridgehead atoms. The summed E-state index contributed by atoms with van der Waals surface area (Å²) in [6.07, 6.45) is 12.3. The zero-order valence-corrected chi connectivity index (χ0v) is 15.6. The molecule has 2 saturated carbocycles. The third kappa shape index (κ3) is 3.47. The molecule has 0 spiro atoms. The first-order chi connectivity index (χ1) is 12.7. The van der Waals surface area contributed by atoms with E-state index in [1.165, 1.54) is 56.9 Å². The second-order valence-corrected chi connectivity index (χ2v) is 8.19. The van der Waals surface area contributed by atoms with Crippen LogP contribution >= 0.6 is 0 Å². The van der Waals surface area contributed by atoms with Crippen LogP contribution in [0, 0.1) is 0 Å². The quantitative estimate of drug-likeness (QED) is 0.635. The van der Waals surface area contributed by atoms with Crippen molar-refractivity contribution in [2.24, 2.45) is 0 Å². The maximum Gasteiger partial charge on any atom is 0.130 e. The molecule has 2 aromatic rings. The lowest BCUT2D eigenvalue weighted by Gasteiger charge is -2.25. The van der Waals surface area contributed by atoms with Crippen LogP contribution in [-0.4, -0.2) is 10.2 Å². The summed E-state index contributed by atoms with van der Waals surface area (Å²) < 4.78 is 0. The van der Waals surface area contributed by atoms with Crippen LogP contribution in [0.25, 0.3) is 11.1 Å². The van der Waals surface area contributed by atoms with Crippen molar-refractivity contribution in [1.82, 2.24) is 0 Å². The van der Waals surface area contributed by atoms with Gasteiger partial charge in [0, 0.05) is 11.1 Å². The highest BCUT2D eigenvalue weighted by Gasteiger charge is 2.24. The van der Waals surface area contributed by atoms with E-state index in [2.05, 4.69) is 24.3 Å². The van der Waals surface area contributed by atoms with Gasteiger partial charge < -0.3 is 10.2 Å². The number of phenols is 2. The summed E-state index contributed by atoms with van der Waals surface area (Å²) in [5, 5.41) is 21.4. The first kappa shape index (κ1) is 17.5. The maximum absolute atomic E-state index is 11.0. The van der Waals surface area contributed by atoms with Crippen LogP contribution in [0.1, 0.15) is 87.2 Å². The Balaban J connectivity index is 1.69. The van der Waals surface area contributed by atoms with Crippen LogP contribution in [-0.2, 0) is 0 Å². The molecule has 138 valence electrons. The molecule has 0 saturated heterocycles. The van der Waals surface area contributed by atoms with E-state index in [1.807, 2.05) is 6.07 Å². The van der Waals surface area contributed by atoms with Crippen LogP contribution in [0.15, 0.2) is 36.4 Å². The number of hydrogen-bond donors (Lipinski definition) is 2. The van der Waals surface area contributed by atoms with Gasteiger partial charge in [0.2, 0.25) is 0 Å². The lowest BCUT2D eigenvalue weighted by molar-refractivity contribution is 0.390. The van der Waals surface area contributed by atoms with Gasteiger partial charge in [-0.3, -0.25) is 0 Å². The Bertz CT molecular complexity index is 753. The molecule has 2 N–H and O–H groups in total. The average Bonchev–Trinajstić information content (AvgIpc) is 2.70. The van der Waals surface area contributed by atoms with Crippen molar-refractivity contribution in [3.63, 3.8) is 0 Å². The van der Waals surface area contributed by atoms with Crippen LogP contribution in [0.2, 0.25) is 0 Å². The Morgan fingerprint density at radius 1 is 0.692 bits per heavy atom. The van der Waals surface area contributed by atoms with E-state index in [9.17, 15) is 10.2 Å². The van der Waals surface area contributed by atoms with Gasteiger partial charge in [-0.05, 0) is 60.8 Å². The number of hydrogen-bond acceptors (Lipinski definition) is 2. The molecule has 4 rings (SSSR count). The third-order valence-electron chi connectivity index (χ3n) is 6.48. The Morgan fingerprint density at radius 3 is 2.04 bits per heavy atom. The summed E-state index contributed by atoms with van der Waals surface area (Å²) in [5.74, 6) is 1.48. The standard InChI is InChI=1S/C24H30O2/c25-22-15-14-21(24(26)23(22)18-10-5-2-6-11-18)20-13-7-12-19(16-20)17-8-3-1-4-9-17/h7,12-18,25-26H,1-6,8-11H2. The largest absolute Gasteiger partial charge is 0.508 e. The highest BCUT2D eigenvalue weighted by atomic mass is 16.3. The van der Waals surface area contributed by atoms with Gasteiger partial charge in [0.05, 0.1) is 0 Å². The molecule has 2 nitrogen and oxygen atoms in total. The zero-order chi connectivity index (χ0) is 17.9. The van der Waals surface area contributed by atoms with Crippen molar-refractivity contribution >= 4 is 0 Å². The van der Waals surface area contributed by atoms with Gasteiger partial charge in [0.25, 0.3) is 0 Å². The second-order valence-electron chi connectivity index (χ2n) is 8.19. The van der Waals surface area contributed by atoms with Gasteiger partial charge in [-0.1, -0.05) is 62.8 Å². The SMILES string of the molecule is Oc1ccc(-c2cccc(C3CCCCC3)c2)c(O)c1C1CCCCC1. The monoisotopic (exact) mass is 350 g/mol. The summed E-state index contributed by atoms with van der Waals surface area (Å²) in [7, 11) is 0. The highest BCUT2D eigenvalue weighted by molar-refractivity contribution is 5.74. The Kier molecular flexibility index (Phi) is 5.19. The van der Waals surface area contributed by atoms with Crippen molar-refractivity contribution in [3.8, 4) is 22.6 Å². The molecular formula is C24H30O2. The summed E-state index contributed by atoms with van der Waals surface area (Å²) in [4.78, 5) is 0. The molecular weight excluding hydrogens is 320 g/mol.